The number of unbranched alkanes of at least 4 members (excludes halogenated alkanes) is 2. The van der Waals surface area contributed by atoms with E-state index in [0.29, 0.717) is 18.5 Å². The average Bonchev–Trinajstić information content (AvgIpc) is 3.40. The van der Waals surface area contributed by atoms with Crippen molar-refractivity contribution in [3.63, 3.8) is 0 Å². The van der Waals surface area contributed by atoms with Gasteiger partial charge in [0, 0.05) is 44.2 Å². The molecule has 0 unspecified atom stereocenters. The average molecular weight is 462 g/mol. The highest BCUT2D eigenvalue weighted by molar-refractivity contribution is 5.98. The summed E-state index contributed by atoms with van der Waals surface area (Å²) in [5.74, 6) is 0.757. The van der Waals surface area contributed by atoms with Crippen molar-refractivity contribution in [2.24, 2.45) is 0 Å². The Balaban J connectivity index is 1.11. The number of amides is 2. The lowest BCUT2D eigenvalue weighted by Gasteiger charge is -2.34. The molecule has 1 aliphatic carbocycles. The van der Waals surface area contributed by atoms with Crippen molar-refractivity contribution in [2.75, 3.05) is 26.7 Å². The third kappa shape index (κ3) is 4.43. The molecule has 0 saturated carbocycles. The van der Waals surface area contributed by atoms with Crippen molar-refractivity contribution in [3.05, 3.63) is 70.3 Å². The lowest BCUT2D eigenvalue weighted by atomic mass is 9.77. The molecule has 6 nitrogen and oxygen atoms in total. The predicted octanol–water partition coefficient (Wildman–Crippen LogP) is 4.73. The maximum Gasteiger partial charge on any atom is 0.407 e. The minimum Gasteiger partial charge on any atom is -0.465 e. The molecule has 180 valence electrons. The van der Waals surface area contributed by atoms with Crippen LogP contribution in [0.2, 0.25) is 0 Å². The van der Waals surface area contributed by atoms with Gasteiger partial charge in [0.05, 0.1) is 0 Å². The molecular weight excluding hydrogens is 426 g/mol. The highest BCUT2D eigenvalue weighted by atomic mass is 16.4. The fourth-order valence-electron chi connectivity index (χ4n) is 6.30. The first-order valence-corrected chi connectivity index (χ1v) is 12.7. The number of nitrogens with zero attached hydrogens (tertiary/aromatic N) is 3. The Morgan fingerprint density at radius 2 is 1.88 bits per heavy atom. The topological polar surface area (TPSA) is 64.1 Å². The molecule has 0 bridgehead atoms. The number of rotatable bonds is 8. The van der Waals surface area contributed by atoms with E-state index in [1.165, 1.54) is 28.9 Å². The summed E-state index contributed by atoms with van der Waals surface area (Å²) < 4.78 is 0. The number of carboxylic acid groups (broad SMARTS) is 1. The number of carbonyl (C=O) groups excluding carboxylic acids is 1. The zero-order valence-electron chi connectivity index (χ0n) is 20.1. The van der Waals surface area contributed by atoms with Crippen LogP contribution in [0.4, 0.5) is 4.79 Å². The molecule has 2 aromatic rings. The summed E-state index contributed by atoms with van der Waals surface area (Å²) >= 11 is 0. The smallest absolute Gasteiger partial charge is 0.407 e. The second-order valence-corrected chi connectivity index (χ2v) is 10.1. The van der Waals surface area contributed by atoms with Crippen LogP contribution in [0.3, 0.4) is 0 Å². The molecule has 2 heterocycles. The molecule has 5 rings (SSSR count). The molecule has 2 aromatic carbocycles. The zero-order valence-corrected chi connectivity index (χ0v) is 20.1. The number of fused-ring (bicyclic) bond motifs is 4. The van der Waals surface area contributed by atoms with Crippen molar-refractivity contribution in [2.45, 2.75) is 63.6 Å². The quantitative estimate of drug-likeness (QED) is 0.578. The second-order valence-electron chi connectivity index (χ2n) is 10.1. The summed E-state index contributed by atoms with van der Waals surface area (Å²) in [6.45, 7) is 4.35. The van der Waals surface area contributed by atoms with Gasteiger partial charge in [0.15, 0.2) is 0 Å². The third-order valence-electron chi connectivity index (χ3n) is 8.06. The van der Waals surface area contributed by atoms with Gasteiger partial charge in [0.25, 0.3) is 5.91 Å². The van der Waals surface area contributed by atoms with Gasteiger partial charge in [-0.2, -0.15) is 0 Å². The van der Waals surface area contributed by atoms with Crippen molar-refractivity contribution in [1.29, 1.82) is 0 Å². The Bertz CT molecular complexity index is 1070. The van der Waals surface area contributed by atoms with E-state index in [4.69, 9.17) is 0 Å². The van der Waals surface area contributed by atoms with Crippen molar-refractivity contribution < 1.29 is 14.7 Å². The molecule has 3 aliphatic rings. The van der Waals surface area contributed by atoms with Crippen molar-refractivity contribution >= 4 is 12.0 Å². The first kappa shape index (κ1) is 22.9. The van der Waals surface area contributed by atoms with Gasteiger partial charge in [0.1, 0.15) is 0 Å². The molecule has 1 N–H and O–H groups in total. The largest absolute Gasteiger partial charge is 0.465 e. The highest BCUT2D eigenvalue weighted by Gasteiger charge is 2.38. The van der Waals surface area contributed by atoms with Crippen LogP contribution in [0.1, 0.15) is 70.6 Å². The lowest BCUT2D eigenvalue weighted by molar-refractivity contribution is 0.0775. The molecule has 1 saturated heterocycles. The number of likely N-dealkylation sites (tertiary alicyclic amines) is 1. The number of carbonyl (C=O) groups is 2. The normalized spacial score (nSPS) is 21.3. The SMILES string of the molecule is CN(Cc1cccc2c1CC[C@H]1[C@@H]2CCN1CCCCCN1Cc2ccccc2C1=O)C(=O)O. The van der Waals surface area contributed by atoms with Gasteiger partial charge in [-0.3, -0.25) is 9.69 Å². The first-order valence-electron chi connectivity index (χ1n) is 12.7. The van der Waals surface area contributed by atoms with E-state index in [9.17, 15) is 14.7 Å². The maximum atomic E-state index is 12.5. The minimum absolute atomic E-state index is 0.188. The monoisotopic (exact) mass is 461 g/mol. The van der Waals surface area contributed by atoms with Crippen LogP contribution in [-0.4, -0.2) is 64.5 Å². The standard InChI is InChI=1S/C28H35N3O3/c1-29(28(33)34)18-20-9-7-11-24-22(20)12-13-26-25(24)14-17-30(26)15-5-2-6-16-31-19-21-8-3-4-10-23(21)27(31)32/h3-4,7-11,25-26H,2,5-6,12-19H2,1H3,(H,33,34)/t25-,26+/m1/s1. The molecule has 2 atom stereocenters. The molecule has 0 aromatic heterocycles. The van der Waals surface area contributed by atoms with Crippen LogP contribution in [0.25, 0.3) is 0 Å². The van der Waals surface area contributed by atoms with Gasteiger partial charge in [-0.25, -0.2) is 4.79 Å². The van der Waals surface area contributed by atoms with Gasteiger partial charge in [-0.1, -0.05) is 42.8 Å². The number of hydrogen-bond donors (Lipinski definition) is 1. The molecule has 1 fully saturated rings. The van der Waals surface area contributed by atoms with E-state index in [1.54, 1.807) is 7.05 Å². The molecule has 6 heteroatoms. The Morgan fingerprint density at radius 1 is 1.06 bits per heavy atom. The Hall–Kier alpha value is -2.86. The van der Waals surface area contributed by atoms with Gasteiger partial charge in [-0.05, 0) is 73.5 Å². The number of benzene rings is 2. The summed E-state index contributed by atoms with van der Waals surface area (Å²) in [6, 6.07) is 15.0. The lowest BCUT2D eigenvalue weighted by Crippen LogP contribution is -2.36. The van der Waals surface area contributed by atoms with E-state index in [1.807, 2.05) is 23.1 Å². The summed E-state index contributed by atoms with van der Waals surface area (Å²) in [7, 11) is 1.64. The second kappa shape index (κ2) is 9.79. The van der Waals surface area contributed by atoms with E-state index >= 15 is 0 Å². The molecule has 2 aliphatic heterocycles. The fraction of sp³-hybridized carbons (Fsp3) is 0.500. The Morgan fingerprint density at radius 3 is 2.71 bits per heavy atom. The minimum atomic E-state index is -0.878. The van der Waals surface area contributed by atoms with Crippen molar-refractivity contribution in [1.82, 2.24) is 14.7 Å². The third-order valence-corrected chi connectivity index (χ3v) is 8.06. The molecule has 34 heavy (non-hydrogen) atoms. The van der Waals surface area contributed by atoms with Crippen LogP contribution >= 0.6 is 0 Å². The van der Waals surface area contributed by atoms with Crippen LogP contribution in [0, 0.1) is 0 Å². The molecule has 0 radical (unpaired) electrons. The Labute approximate surface area is 202 Å². The van der Waals surface area contributed by atoms with Crippen LogP contribution in [0.15, 0.2) is 42.5 Å². The first-order chi connectivity index (χ1) is 16.5. The zero-order chi connectivity index (χ0) is 23.7. The van der Waals surface area contributed by atoms with Gasteiger partial charge in [0.2, 0.25) is 0 Å². The van der Waals surface area contributed by atoms with E-state index < -0.39 is 6.09 Å². The Kier molecular flexibility index (Phi) is 6.59. The highest BCUT2D eigenvalue weighted by Crippen LogP contribution is 2.42. The van der Waals surface area contributed by atoms with Crippen molar-refractivity contribution in [3.8, 4) is 0 Å². The van der Waals surface area contributed by atoms with E-state index in [2.05, 4.69) is 29.2 Å². The van der Waals surface area contributed by atoms with E-state index in [-0.39, 0.29) is 5.91 Å². The van der Waals surface area contributed by atoms with Gasteiger partial charge < -0.3 is 14.9 Å². The molecule has 2 amide bonds. The fourth-order valence-corrected chi connectivity index (χ4v) is 6.30. The summed E-state index contributed by atoms with van der Waals surface area (Å²) in [4.78, 5) is 29.9. The maximum absolute atomic E-state index is 12.5. The predicted molar refractivity (Wildman–Crippen MR) is 132 cm³/mol. The van der Waals surface area contributed by atoms with E-state index in [0.717, 1.165) is 68.6 Å². The van der Waals surface area contributed by atoms with Crippen LogP contribution < -0.4 is 0 Å². The van der Waals surface area contributed by atoms with Crippen LogP contribution in [0.5, 0.6) is 0 Å². The summed E-state index contributed by atoms with van der Waals surface area (Å²) in [5, 5.41) is 9.27. The van der Waals surface area contributed by atoms with Gasteiger partial charge in [-0.15, -0.1) is 0 Å². The number of hydrogen-bond acceptors (Lipinski definition) is 3. The van der Waals surface area contributed by atoms with Gasteiger partial charge >= 0.3 is 6.09 Å². The van der Waals surface area contributed by atoms with Crippen LogP contribution in [-0.2, 0) is 19.5 Å². The molecule has 0 spiro atoms. The summed E-state index contributed by atoms with van der Waals surface area (Å²) in [6.07, 6.45) is 5.89. The summed E-state index contributed by atoms with van der Waals surface area (Å²) in [5.41, 5.74) is 6.03. The molecular formula is C28H35N3O3.